The smallest absolute Gasteiger partial charge is 0.227 e. The van der Waals surface area contributed by atoms with E-state index < -0.39 is 0 Å². The standard InChI is InChI=1S/C9H15NO2/c1-4-10(5-2)9(12)6-8(3)7-11/h4-6H2,1-3H3. The Balaban J connectivity index is 4.10. The minimum atomic E-state index is 0.000787. The molecule has 12 heavy (non-hydrogen) atoms. The van der Waals surface area contributed by atoms with E-state index in [2.05, 4.69) is 0 Å². The van der Waals surface area contributed by atoms with Gasteiger partial charge in [-0.1, -0.05) is 0 Å². The van der Waals surface area contributed by atoms with Crippen molar-refractivity contribution >= 4 is 11.8 Å². The molecular formula is C9H15NO2. The molecule has 0 atom stereocenters. The van der Waals surface area contributed by atoms with Crippen molar-refractivity contribution < 1.29 is 9.59 Å². The van der Waals surface area contributed by atoms with Gasteiger partial charge in [0.1, 0.15) is 5.94 Å². The molecule has 0 aliphatic carbocycles. The molecule has 0 aromatic carbocycles. The SMILES string of the molecule is CCN(CC)C(=O)CC(C)=C=O. The molecular weight excluding hydrogens is 154 g/mol. The summed E-state index contributed by atoms with van der Waals surface area (Å²) >= 11 is 0. The maximum Gasteiger partial charge on any atom is 0.227 e. The van der Waals surface area contributed by atoms with Gasteiger partial charge in [-0.15, -0.1) is 0 Å². The van der Waals surface area contributed by atoms with Crippen LogP contribution in [-0.4, -0.2) is 29.8 Å². The van der Waals surface area contributed by atoms with E-state index in [-0.39, 0.29) is 12.3 Å². The van der Waals surface area contributed by atoms with E-state index in [4.69, 9.17) is 0 Å². The van der Waals surface area contributed by atoms with Gasteiger partial charge in [0.25, 0.3) is 0 Å². The minimum Gasteiger partial charge on any atom is -0.343 e. The maximum absolute atomic E-state index is 11.3. The van der Waals surface area contributed by atoms with Crippen molar-refractivity contribution in [2.75, 3.05) is 13.1 Å². The summed E-state index contributed by atoms with van der Waals surface area (Å²) in [7, 11) is 0. The fourth-order valence-electron chi connectivity index (χ4n) is 0.951. The van der Waals surface area contributed by atoms with Crippen LogP contribution < -0.4 is 0 Å². The van der Waals surface area contributed by atoms with Gasteiger partial charge in [0, 0.05) is 18.7 Å². The number of rotatable bonds is 4. The highest BCUT2D eigenvalue weighted by Crippen LogP contribution is 2.00. The molecule has 0 N–H and O–H groups in total. The number of amides is 1. The van der Waals surface area contributed by atoms with Gasteiger partial charge in [-0.25, -0.2) is 4.79 Å². The van der Waals surface area contributed by atoms with Crippen LogP contribution in [0.25, 0.3) is 0 Å². The number of hydrogen-bond acceptors (Lipinski definition) is 2. The summed E-state index contributed by atoms with van der Waals surface area (Å²) in [6, 6.07) is 0. The zero-order chi connectivity index (χ0) is 9.56. The van der Waals surface area contributed by atoms with E-state index in [9.17, 15) is 9.59 Å². The first-order valence-corrected chi connectivity index (χ1v) is 4.14. The van der Waals surface area contributed by atoms with Crippen molar-refractivity contribution in [2.45, 2.75) is 27.2 Å². The summed E-state index contributed by atoms with van der Waals surface area (Å²) in [5.41, 5.74) is 0.465. The number of nitrogens with zero attached hydrogens (tertiary/aromatic N) is 1. The van der Waals surface area contributed by atoms with E-state index in [1.54, 1.807) is 17.8 Å². The molecule has 0 unspecified atom stereocenters. The van der Waals surface area contributed by atoms with Gasteiger partial charge in [-0.2, -0.15) is 0 Å². The molecule has 0 aliphatic rings. The molecule has 0 radical (unpaired) electrons. The second kappa shape index (κ2) is 5.56. The second-order valence-corrected chi connectivity index (χ2v) is 2.63. The van der Waals surface area contributed by atoms with Gasteiger partial charge in [0.15, 0.2) is 0 Å². The average molecular weight is 169 g/mol. The Morgan fingerprint density at radius 2 is 1.83 bits per heavy atom. The monoisotopic (exact) mass is 169 g/mol. The van der Waals surface area contributed by atoms with E-state index in [0.717, 1.165) is 0 Å². The Hall–Kier alpha value is -1.08. The Morgan fingerprint density at radius 3 is 2.17 bits per heavy atom. The first-order valence-electron chi connectivity index (χ1n) is 4.14. The molecule has 3 heteroatoms. The molecule has 0 saturated carbocycles. The van der Waals surface area contributed by atoms with Crippen molar-refractivity contribution in [3.63, 3.8) is 0 Å². The zero-order valence-electron chi connectivity index (χ0n) is 7.89. The van der Waals surface area contributed by atoms with Crippen LogP contribution in [0.15, 0.2) is 5.57 Å². The van der Waals surface area contributed by atoms with Gasteiger partial charge < -0.3 is 4.90 Å². The molecule has 0 rings (SSSR count). The molecule has 0 aromatic rings. The van der Waals surface area contributed by atoms with Gasteiger partial charge >= 0.3 is 0 Å². The van der Waals surface area contributed by atoms with Crippen molar-refractivity contribution in [2.24, 2.45) is 0 Å². The van der Waals surface area contributed by atoms with Crippen LogP contribution in [0.2, 0.25) is 0 Å². The first kappa shape index (κ1) is 10.9. The third-order valence-electron chi connectivity index (χ3n) is 1.71. The lowest BCUT2D eigenvalue weighted by atomic mass is 10.2. The summed E-state index contributed by atoms with van der Waals surface area (Å²) in [6.07, 6.45) is 0.200. The Kier molecular flexibility index (Phi) is 5.06. The Bertz CT molecular complexity index is 201. The fraction of sp³-hybridized carbons (Fsp3) is 0.667. The van der Waals surface area contributed by atoms with E-state index in [1.807, 2.05) is 13.8 Å². The van der Waals surface area contributed by atoms with Crippen LogP contribution in [-0.2, 0) is 9.59 Å². The summed E-state index contributed by atoms with van der Waals surface area (Å²) in [4.78, 5) is 23.1. The highest BCUT2D eigenvalue weighted by molar-refractivity contribution is 5.80. The molecule has 68 valence electrons. The molecule has 0 aliphatic heterocycles. The number of carbonyl (C=O) groups excluding carboxylic acids is 2. The summed E-state index contributed by atoms with van der Waals surface area (Å²) in [5, 5.41) is 0. The second-order valence-electron chi connectivity index (χ2n) is 2.63. The number of carbonyl (C=O) groups is 1. The van der Waals surface area contributed by atoms with Crippen LogP contribution >= 0.6 is 0 Å². The lowest BCUT2D eigenvalue weighted by molar-refractivity contribution is -0.130. The summed E-state index contributed by atoms with van der Waals surface area (Å²) in [5.74, 6) is 1.72. The normalized spacial score (nSPS) is 8.92. The highest BCUT2D eigenvalue weighted by atomic mass is 16.2. The predicted octanol–water partition coefficient (Wildman–Crippen LogP) is 1.02. The van der Waals surface area contributed by atoms with Crippen LogP contribution in [0.5, 0.6) is 0 Å². The minimum absolute atomic E-state index is 0.000787. The third kappa shape index (κ3) is 3.35. The van der Waals surface area contributed by atoms with Crippen molar-refractivity contribution in [3.05, 3.63) is 5.57 Å². The molecule has 1 amide bonds. The maximum atomic E-state index is 11.3. The van der Waals surface area contributed by atoms with Gasteiger partial charge in [-0.3, -0.25) is 4.79 Å². The van der Waals surface area contributed by atoms with E-state index in [1.165, 1.54) is 0 Å². The third-order valence-corrected chi connectivity index (χ3v) is 1.71. The Labute approximate surface area is 73.1 Å². The molecule has 3 nitrogen and oxygen atoms in total. The fourth-order valence-corrected chi connectivity index (χ4v) is 0.951. The van der Waals surface area contributed by atoms with E-state index in [0.29, 0.717) is 18.7 Å². The first-order chi connectivity index (χ1) is 5.65. The average Bonchev–Trinajstić information content (AvgIpc) is 2.06. The molecule has 0 saturated heterocycles. The van der Waals surface area contributed by atoms with Crippen LogP contribution in [0, 0.1) is 0 Å². The van der Waals surface area contributed by atoms with Crippen molar-refractivity contribution in [1.82, 2.24) is 4.90 Å². The highest BCUT2D eigenvalue weighted by Gasteiger charge is 2.09. The lowest BCUT2D eigenvalue weighted by Crippen LogP contribution is -2.30. The van der Waals surface area contributed by atoms with E-state index >= 15 is 0 Å². The van der Waals surface area contributed by atoms with Crippen molar-refractivity contribution in [3.8, 4) is 0 Å². The van der Waals surface area contributed by atoms with Gasteiger partial charge in [0.2, 0.25) is 5.91 Å². The molecule has 0 spiro atoms. The topological polar surface area (TPSA) is 37.4 Å². The molecule has 0 aromatic heterocycles. The Morgan fingerprint density at radius 1 is 1.33 bits per heavy atom. The lowest BCUT2D eigenvalue weighted by Gasteiger charge is -2.17. The van der Waals surface area contributed by atoms with Crippen molar-refractivity contribution in [1.29, 1.82) is 0 Å². The molecule has 0 heterocycles. The van der Waals surface area contributed by atoms with Crippen LogP contribution in [0.4, 0.5) is 0 Å². The molecule has 0 fully saturated rings. The van der Waals surface area contributed by atoms with Crippen LogP contribution in [0.1, 0.15) is 27.2 Å². The predicted molar refractivity (Wildman–Crippen MR) is 47.4 cm³/mol. The van der Waals surface area contributed by atoms with Crippen LogP contribution in [0.3, 0.4) is 0 Å². The largest absolute Gasteiger partial charge is 0.343 e. The quantitative estimate of drug-likeness (QED) is 0.589. The summed E-state index contributed by atoms with van der Waals surface area (Å²) in [6.45, 7) is 6.85. The zero-order valence-corrected chi connectivity index (χ0v) is 7.89. The summed E-state index contributed by atoms with van der Waals surface area (Å²) < 4.78 is 0. The van der Waals surface area contributed by atoms with Gasteiger partial charge in [0.05, 0.1) is 6.42 Å². The number of hydrogen-bond donors (Lipinski definition) is 0. The molecule has 0 bridgehead atoms. The van der Waals surface area contributed by atoms with Gasteiger partial charge in [-0.05, 0) is 20.8 Å².